The molecule has 0 unspecified atom stereocenters. The molecular weight excluding hydrogens is 424 g/mol. The monoisotopic (exact) mass is 448 g/mol. The van der Waals surface area contributed by atoms with Gasteiger partial charge in [0.25, 0.3) is 0 Å². The van der Waals surface area contributed by atoms with E-state index in [0.717, 1.165) is 27.8 Å². The number of fused-ring (bicyclic) bond motifs is 3. The van der Waals surface area contributed by atoms with Crippen LogP contribution in [-0.2, 0) is 15.0 Å². The van der Waals surface area contributed by atoms with Crippen molar-refractivity contribution in [3.8, 4) is 22.6 Å². The molecule has 0 saturated heterocycles. The van der Waals surface area contributed by atoms with Crippen molar-refractivity contribution in [2.45, 2.75) is 25.2 Å². The predicted octanol–water partition coefficient (Wildman–Crippen LogP) is 6.03. The van der Waals surface area contributed by atoms with Crippen LogP contribution in [0.1, 0.15) is 42.0 Å². The first kappa shape index (κ1) is 21.7. The Morgan fingerprint density at radius 2 is 1.18 bits per heavy atom. The summed E-state index contributed by atoms with van der Waals surface area (Å²) < 4.78 is 5.85. The van der Waals surface area contributed by atoms with Crippen LogP contribution in [0.5, 0.6) is 11.5 Å². The topological polar surface area (TPSA) is 63.6 Å². The summed E-state index contributed by atoms with van der Waals surface area (Å²) in [4.78, 5) is 24.0. The molecule has 168 valence electrons. The van der Waals surface area contributed by atoms with Gasteiger partial charge in [0.2, 0.25) is 0 Å². The van der Waals surface area contributed by atoms with E-state index < -0.39 is 11.4 Å². The third-order valence-corrected chi connectivity index (χ3v) is 6.46. The van der Waals surface area contributed by atoms with Gasteiger partial charge in [-0.3, -0.25) is 4.79 Å². The molecule has 0 atom stereocenters. The Hall–Kier alpha value is -4.18. The average Bonchev–Trinajstić information content (AvgIpc) is 3.15. The predicted molar refractivity (Wildman–Crippen MR) is 131 cm³/mol. The number of rotatable bonds is 6. The molecule has 0 amide bonds. The number of benzene rings is 4. The number of aromatic hydroxyl groups is 1. The smallest absolute Gasteiger partial charge is 0.311 e. The molecule has 5 rings (SSSR count). The van der Waals surface area contributed by atoms with Gasteiger partial charge in [-0.05, 0) is 41.3 Å². The van der Waals surface area contributed by atoms with Crippen molar-refractivity contribution in [3.05, 3.63) is 119 Å². The lowest BCUT2D eigenvalue weighted by atomic mass is 9.67. The van der Waals surface area contributed by atoms with E-state index in [0.29, 0.717) is 11.3 Å². The van der Waals surface area contributed by atoms with Crippen LogP contribution in [0.2, 0.25) is 0 Å². The summed E-state index contributed by atoms with van der Waals surface area (Å²) in [6.45, 7) is 1.46. The van der Waals surface area contributed by atoms with Crippen LogP contribution in [0.15, 0.2) is 97.1 Å². The largest absolute Gasteiger partial charge is 0.508 e. The van der Waals surface area contributed by atoms with Crippen molar-refractivity contribution in [3.63, 3.8) is 0 Å². The lowest BCUT2D eigenvalue weighted by Crippen LogP contribution is -2.30. The molecule has 1 aliphatic rings. The lowest BCUT2D eigenvalue weighted by Gasteiger charge is -2.35. The van der Waals surface area contributed by atoms with Gasteiger partial charge in [0.15, 0.2) is 0 Å². The molecule has 4 heteroatoms. The van der Waals surface area contributed by atoms with E-state index in [9.17, 15) is 14.7 Å². The number of phenolic OH excluding ortho intramolecular Hbond substituents is 1. The average molecular weight is 449 g/mol. The van der Waals surface area contributed by atoms with Crippen LogP contribution >= 0.6 is 0 Å². The van der Waals surface area contributed by atoms with Gasteiger partial charge in [0, 0.05) is 17.5 Å². The molecule has 0 heterocycles. The molecule has 1 N–H and O–H groups in total. The Kier molecular flexibility index (Phi) is 5.50. The number of carbonyl (C=O) groups is 2. The van der Waals surface area contributed by atoms with Gasteiger partial charge in [0.05, 0.1) is 11.8 Å². The maximum Gasteiger partial charge on any atom is 0.311 e. The SMILES string of the molecule is CC(=O)CCC(=O)Oc1ccccc1C1(c2ccccc2O)c2ccccc2-c2ccccc21. The minimum Gasteiger partial charge on any atom is -0.508 e. The fourth-order valence-corrected chi connectivity index (χ4v) is 5.07. The summed E-state index contributed by atoms with van der Waals surface area (Å²) in [7, 11) is 0. The van der Waals surface area contributed by atoms with Gasteiger partial charge in [-0.2, -0.15) is 0 Å². The molecule has 0 radical (unpaired) electrons. The number of hydrogen-bond acceptors (Lipinski definition) is 4. The molecule has 0 saturated carbocycles. The van der Waals surface area contributed by atoms with E-state index in [1.165, 1.54) is 6.92 Å². The van der Waals surface area contributed by atoms with Crippen LogP contribution in [0.4, 0.5) is 0 Å². The Labute approximate surface area is 198 Å². The van der Waals surface area contributed by atoms with Crippen molar-refractivity contribution in [1.29, 1.82) is 0 Å². The molecule has 4 nitrogen and oxygen atoms in total. The van der Waals surface area contributed by atoms with Crippen molar-refractivity contribution >= 4 is 11.8 Å². The molecule has 0 aliphatic heterocycles. The van der Waals surface area contributed by atoms with E-state index in [-0.39, 0.29) is 24.4 Å². The number of Topliss-reactive ketones (excluding diaryl/α,β-unsaturated/α-hetero) is 1. The third-order valence-electron chi connectivity index (χ3n) is 6.46. The van der Waals surface area contributed by atoms with Crippen LogP contribution < -0.4 is 4.74 Å². The maximum atomic E-state index is 12.7. The quantitative estimate of drug-likeness (QED) is 0.254. The summed E-state index contributed by atoms with van der Waals surface area (Å²) in [5.41, 5.74) is 4.72. The maximum absolute atomic E-state index is 12.7. The number of para-hydroxylation sites is 2. The van der Waals surface area contributed by atoms with E-state index in [4.69, 9.17) is 4.74 Å². The molecule has 4 aromatic rings. The number of phenols is 1. The summed E-state index contributed by atoms with van der Waals surface area (Å²) in [6, 6.07) is 31.0. The molecule has 0 bridgehead atoms. The molecule has 34 heavy (non-hydrogen) atoms. The number of hydrogen-bond donors (Lipinski definition) is 1. The molecule has 0 fully saturated rings. The number of esters is 1. The summed E-state index contributed by atoms with van der Waals surface area (Å²) in [6.07, 6.45) is 0.151. The van der Waals surface area contributed by atoms with E-state index in [1.54, 1.807) is 18.2 Å². The molecule has 1 aliphatic carbocycles. The van der Waals surface area contributed by atoms with Crippen LogP contribution in [0.3, 0.4) is 0 Å². The minimum absolute atomic E-state index is 0.0143. The lowest BCUT2D eigenvalue weighted by molar-refractivity contribution is -0.136. The Balaban J connectivity index is 1.81. The Morgan fingerprint density at radius 1 is 0.676 bits per heavy atom. The highest BCUT2D eigenvalue weighted by atomic mass is 16.5. The van der Waals surface area contributed by atoms with Crippen molar-refractivity contribution in [2.24, 2.45) is 0 Å². The summed E-state index contributed by atoms with van der Waals surface area (Å²) in [5, 5.41) is 11.1. The van der Waals surface area contributed by atoms with Gasteiger partial charge >= 0.3 is 5.97 Å². The van der Waals surface area contributed by atoms with E-state index in [2.05, 4.69) is 24.3 Å². The first-order valence-electron chi connectivity index (χ1n) is 11.3. The zero-order valence-electron chi connectivity index (χ0n) is 18.8. The highest BCUT2D eigenvalue weighted by molar-refractivity contribution is 5.88. The fourth-order valence-electron chi connectivity index (χ4n) is 5.07. The second-order valence-corrected chi connectivity index (χ2v) is 8.53. The van der Waals surface area contributed by atoms with E-state index in [1.807, 2.05) is 54.6 Å². The first-order chi connectivity index (χ1) is 16.5. The van der Waals surface area contributed by atoms with Gasteiger partial charge in [-0.25, -0.2) is 0 Å². The van der Waals surface area contributed by atoms with Crippen LogP contribution in [0, 0.1) is 0 Å². The van der Waals surface area contributed by atoms with Crippen molar-refractivity contribution < 1.29 is 19.4 Å². The van der Waals surface area contributed by atoms with Gasteiger partial charge in [-0.15, -0.1) is 0 Å². The highest BCUT2D eigenvalue weighted by Crippen LogP contribution is 2.59. The molecule has 0 aromatic heterocycles. The highest BCUT2D eigenvalue weighted by Gasteiger charge is 2.48. The zero-order valence-corrected chi connectivity index (χ0v) is 18.8. The fraction of sp³-hybridized carbons (Fsp3) is 0.133. The van der Waals surface area contributed by atoms with Crippen LogP contribution in [0.25, 0.3) is 11.1 Å². The Morgan fingerprint density at radius 3 is 1.76 bits per heavy atom. The molecule has 4 aromatic carbocycles. The normalized spacial score (nSPS) is 13.1. The first-order valence-corrected chi connectivity index (χ1v) is 11.3. The summed E-state index contributed by atoms with van der Waals surface area (Å²) in [5.74, 6) is 0.0433. The van der Waals surface area contributed by atoms with Gasteiger partial charge in [-0.1, -0.05) is 84.9 Å². The van der Waals surface area contributed by atoms with E-state index >= 15 is 0 Å². The Bertz CT molecular complexity index is 1360. The minimum atomic E-state index is -0.893. The van der Waals surface area contributed by atoms with Crippen molar-refractivity contribution in [2.75, 3.05) is 0 Å². The number of carbonyl (C=O) groups excluding carboxylic acids is 2. The number of ketones is 1. The molecule has 0 spiro atoms. The zero-order chi connectivity index (χ0) is 23.7. The van der Waals surface area contributed by atoms with Gasteiger partial charge in [0.1, 0.15) is 17.3 Å². The van der Waals surface area contributed by atoms with Crippen molar-refractivity contribution in [1.82, 2.24) is 0 Å². The molecular formula is C30H24O4. The van der Waals surface area contributed by atoms with Crippen LogP contribution in [-0.4, -0.2) is 16.9 Å². The number of ether oxygens (including phenoxy) is 1. The summed E-state index contributed by atoms with van der Waals surface area (Å²) >= 11 is 0. The second kappa shape index (κ2) is 8.64. The second-order valence-electron chi connectivity index (χ2n) is 8.53. The third kappa shape index (κ3) is 3.39. The van der Waals surface area contributed by atoms with Gasteiger partial charge < -0.3 is 14.6 Å². The standard InChI is InChI=1S/C30H24O4/c1-20(31)18-19-29(33)34-28-17-9-7-15-26(28)30(25-14-6-8-16-27(25)32)23-12-4-2-10-21(23)22-11-3-5-13-24(22)30/h2-17,32H,18-19H2,1H3.